The average molecular weight is 464 g/mol. The lowest BCUT2D eigenvalue weighted by atomic mass is 10.2. The minimum Gasteiger partial charge on any atom is -0.487 e. The number of hydrogen-bond acceptors (Lipinski definition) is 7. The van der Waals surface area contributed by atoms with Crippen molar-refractivity contribution in [1.29, 1.82) is 5.26 Å². The second-order valence-electron chi connectivity index (χ2n) is 7.16. The molecule has 3 heterocycles. The normalized spacial score (nSPS) is 14.7. The number of aromatic nitrogens is 2. The van der Waals surface area contributed by atoms with Crippen molar-refractivity contribution < 1.29 is 9.53 Å². The van der Waals surface area contributed by atoms with Crippen molar-refractivity contribution in [2.75, 3.05) is 0 Å². The smallest absolute Gasteiger partial charge is 0.286 e. The Balaban J connectivity index is 1.57. The first-order valence-electron chi connectivity index (χ1n) is 9.81. The number of pyridine rings is 2. The van der Waals surface area contributed by atoms with Gasteiger partial charge < -0.3 is 10.1 Å². The zero-order chi connectivity index (χ0) is 22.7. The fourth-order valence-corrected chi connectivity index (χ4v) is 4.00. The fraction of sp³-hybridized carbons (Fsp3) is 0.174. The van der Waals surface area contributed by atoms with Crippen molar-refractivity contribution in [2.24, 2.45) is 4.99 Å². The number of benzene rings is 1. The van der Waals surface area contributed by atoms with Gasteiger partial charge >= 0.3 is 0 Å². The number of amides is 1. The summed E-state index contributed by atoms with van der Waals surface area (Å²) in [6.07, 6.45) is 3.00. The summed E-state index contributed by atoms with van der Waals surface area (Å²) in [6.45, 7) is 4.21. The van der Waals surface area contributed by atoms with Crippen molar-refractivity contribution in [1.82, 2.24) is 15.3 Å². The number of aliphatic imine (C=N–C) groups is 1. The zero-order valence-corrected chi connectivity index (χ0v) is 18.9. The van der Waals surface area contributed by atoms with Gasteiger partial charge in [0.15, 0.2) is 10.9 Å². The first-order valence-corrected chi connectivity index (χ1v) is 11.0. The van der Waals surface area contributed by atoms with Crippen LogP contribution in [0.2, 0.25) is 5.02 Å². The second kappa shape index (κ2) is 9.39. The van der Waals surface area contributed by atoms with Crippen molar-refractivity contribution in [2.45, 2.75) is 26.5 Å². The summed E-state index contributed by atoms with van der Waals surface area (Å²) in [5.41, 5.74) is 2.84. The largest absolute Gasteiger partial charge is 0.487 e. The SMILES string of the molecule is CC(C)Oc1c(C#N)cnc2ccc(/C=C3\SC(NCc4ccccc4Cl)=NC3=O)nc12. The van der Waals surface area contributed by atoms with Gasteiger partial charge in [-0.2, -0.15) is 10.3 Å². The van der Waals surface area contributed by atoms with Crippen LogP contribution in [0.4, 0.5) is 0 Å². The Kier molecular flexibility index (Phi) is 6.40. The van der Waals surface area contributed by atoms with E-state index in [1.165, 1.54) is 18.0 Å². The highest BCUT2D eigenvalue weighted by atomic mass is 35.5. The lowest BCUT2D eigenvalue weighted by Gasteiger charge is -2.13. The quantitative estimate of drug-likeness (QED) is 0.547. The summed E-state index contributed by atoms with van der Waals surface area (Å²) in [5, 5.41) is 13.7. The van der Waals surface area contributed by atoms with Gasteiger partial charge in [-0.15, -0.1) is 0 Å². The number of halogens is 1. The molecule has 2 aromatic heterocycles. The maximum Gasteiger partial charge on any atom is 0.286 e. The molecule has 1 N–H and O–H groups in total. The number of amidine groups is 1. The van der Waals surface area contributed by atoms with Crippen LogP contribution in [0.5, 0.6) is 5.75 Å². The third kappa shape index (κ3) is 4.74. The number of nitriles is 1. The van der Waals surface area contributed by atoms with Gasteiger partial charge in [0.25, 0.3) is 5.91 Å². The van der Waals surface area contributed by atoms with Crippen LogP contribution in [0.15, 0.2) is 52.5 Å². The van der Waals surface area contributed by atoms with E-state index in [1.54, 1.807) is 18.2 Å². The van der Waals surface area contributed by atoms with Gasteiger partial charge in [-0.05, 0) is 55.4 Å². The molecule has 32 heavy (non-hydrogen) atoms. The molecule has 4 rings (SSSR count). The second-order valence-corrected chi connectivity index (χ2v) is 8.60. The van der Waals surface area contributed by atoms with Gasteiger partial charge in [0.1, 0.15) is 17.1 Å². The molecule has 0 radical (unpaired) electrons. The molecule has 1 aliphatic heterocycles. The van der Waals surface area contributed by atoms with E-state index in [1.807, 2.05) is 38.1 Å². The molecule has 0 bridgehead atoms. The molecule has 0 spiro atoms. The molecule has 0 atom stereocenters. The molecule has 1 aromatic carbocycles. The Bertz CT molecular complexity index is 1310. The number of carbonyl (C=O) groups is 1. The molecule has 0 unspecified atom stereocenters. The molecular formula is C23H18ClN5O2S. The Labute approximate surface area is 194 Å². The highest BCUT2D eigenvalue weighted by molar-refractivity contribution is 8.18. The number of nitrogens with one attached hydrogen (secondary N) is 1. The monoisotopic (exact) mass is 463 g/mol. The molecule has 1 amide bonds. The van der Waals surface area contributed by atoms with Gasteiger partial charge in [-0.25, -0.2) is 4.98 Å². The molecule has 3 aromatic rings. The molecular weight excluding hydrogens is 446 g/mol. The van der Waals surface area contributed by atoms with Crippen LogP contribution in [0.3, 0.4) is 0 Å². The van der Waals surface area contributed by atoms with Gasteiger partial charge in [0, 0.05) is 17.8 Å². The van der Waals surface area contributed by atoms with Crippen LogP contribution in [-0.4, -0.2) is 27.1 Å². The van der Waals surface area contributed by atoms with Crippen LogP contribution in [0.25, 0.3) is 17.1 Å². The zero-order valence-electron chi connectivity index (χ0n) is 17.3. The molecule has 0 saturated heterocycles. The Hall–Kier alpha value is -3.41. The topological polar surface area (TPSA) is 100 Å². The third-order valence-corrected chi connectivity index (χ3v) is 5.76. The van der Waals surface area contributed by atoms with Crippen molar-refractivity contribution in [3.8, 4) is 11.8 Å². The minimum atomic E-state index is -0.346. The number of carbonyl (C=O) groups excluding carboxylic acids is 1. The predicted octanol–water partition coefficient (Wildman–Crippen LogP) is 4.70. The number of fused-ring (bicyclic) bond motifs is 1. The highest BCUT2D eigenvalue weighted by Gasteiger charge is 2.22. The van der Waals surface area contributed by atoms with Gasteiger partial charge in [-0.3, -0.25) is 9.78 Å². The first-order chi connectivity index (χ1) is 15.4. The molecule has 0 saturated carbocycles. The standard InChI is InChI=1S/C23H18ClN5O2S/c1-13(2)31-21-15(10-25)12-26-18-8-7-16(28-20(18)21)9-19-22(30)29-23(32-19)27-11-14-5-3-4-6-17(14)24/h3-9,12-13H,11H2,1-2H3,(H,27,29,30)/b19-9-. The van der Waals surface area contributed by atoms with Gasteiger partial charge in [0.2, 0.25) is 0 Å². The highest BCUT2D eigenvalue weighted by Crippen LogP contribution is 2.30. The lowest BCUT2D eigenvalue weighted by molar-refractivity contribution is -0.113. The van der Waals surface area contributed by atoms with Crippen molar-refractivity contribution >= 4 is 51.5 Å². The number of hydrogen-bond donors (Lipinski definition) is 1. The fourth-order valence-electron chi connectivity index (χ4n) is 3.01. The van der Waals surface area contributed by atoms with Crippen molar-refractivity contribution in [3.05, 3.63) is 69.3 Å². The summed E-state index contributed by atoms with van der Waals surface area (Å²) < 4.78 is 5.84. The van der Waals surface area contributed by atoms with Crippen molar-refractivity contribution in [3.63, 3.8) is 0 Å². The van der Waals surface area contributed by atoms with Gasteiger partial charge in [0.05, 0.1) is 22.2 Å². The van der Waals surface area contributed by atoms with E-state index in [0.29, 0.717) is 49.7 Å². The van der Waals surface area contributed by atoms with E-state index in [-0.39, 0.29) is 12.0 Å². The minimum absolute atomic E-state index is 0.136. The van der Waals surface area contributed by atoms with E-state index in [9.17, 15) is 10.1 Å². The van der Waals surface area contributed by atoms with E-state index in [2.05, 4.69) is 26.3 Å². The Morgan fingerprint density at radius 3 is 2.84 bits per heavy atom. The van der Waals surface area contributed by atoms with Crippen LogP contribution in [0.1, 0.15) is 30.7 Å². The van der Waals surface area contributed by atoms with Crippen LogP contribution < -0.4 is 10.1 Å². The van der Waals surface area contributed by atoms with Gasteiger partial charge in [-0.1, -0.05) is 29.8 Å². The Morgan fingerprint density at radius 2 is 2.09 bits per heavy atom. The predicted molar refractivity (Wildman–Crippen MR) is 126 cm³/mol. The maximum atomic E-state index is 12.4. The summed E-state index contributed by atoms with van der Waals surface area (Å²) in [6, 6.07) is 13.1. The first kappa shape index (κ1) is 21.8. The Morgan fingerprint density at radius 1 is 1.28 bits per heavy atom. The molecule has 0 fully saturated rings. The third-order valence-electron chi connectivity index (χ3n) is 4.45. The number of rotatable bonds is 5. The summed E-state index contributed by atoms with van der Waals surface area (Å²) in [7, 11) is 0. The van der Waals surface area contributed by atoms with E-state index < -0.39 is 0 Å². The molecule has 9 heteroatoms. The lowest BCUT2D eigenvalue weighted by Crippen LogP contribution is -2.18. The average Bonchev–Trinajstić information content (AvgIpc) is 3.12. The van der Waals surface area contributed by atoms with E-state index >= 15 is 0 Å². The molecule has 7 nitrogen and oxygen atoms in total. The number of nitrogens with zero attached hydrogens (tertiary/aromatic N) is 4. The summed E-state index contributed by atoms with van der Waals surface area (Å²) >= 11 is 7.41. The van der Waals surface area contributed by atoms with E-state index in [0.717, 1.165) is 5.56 Å². The molecule has 1 aliphatic rings. The summed E-state index contributed by atoms with van der Waals surface area (Å²) in [5.74, 6) is 0.0395. The summed E-state index contributed by atoms with van der Waals surface area (Å²) in [4.78, 5) is 25.8. The molecule has 160 valence electrons. The van der Waals surface area contributed by atoms with E-state index in [4.69, 9.17) is 16.3 Å². The number of ether oxygens (including phenoxy) is 1. The maximum absolute atomic E-state index is 12.4. The molecule has 0 aliphatic carbocycles. The number of thioether (sulfide) groups is 1. The van der Waals surface area contributed by atoms with Crippen LogP contribution >= 0.6 is 23.4 Å². The van der Waals surface area contributed by atoms with Crippen LogP contribution in [0, 0.1) is 11.3 Å². The van der Waals surface area contributed by atoms with Crippen LogP contribution in [-0.2, 0) is 11.3 Å².